The van der Waals surface area contributed by atoms with Crippen LogP contribution in [-0.4, -0.2) is 4.98 Å². The third-order valence-corrected chi connectivity index (χ3v) is 4.35. The second kappa shape index (κ2) is 3.45. The summed E-state index contributed by atoms with van der Waals surface area (Å²) < 4.78 is 0. The summed E-state index contributed by atoms with van der Waals surface area (Å²) in [5, 5.41) is 2.60. The normalized spacial score (nSPS) is 15.3. The van der Waals surface area contributed by atoms with Crippen LogP contribution < -0.4 is 0 Å². The maximum Gasteiger partial charge on any atom is 0.0353 e. The molecule has 1 aromatic heterocycles. The molecule has 0 atom stereocenters. The molecule has 92 valence electrons. The smallest absolute Gasteiger partial charge is 0.0353 e. The predicted octanol–water partition coefficient (Wildman–Crippen LogP) is 4.54. The lowest BCUT2D eigenvalue weighted by Gasteiger charge is -2.34. The zero-order chi connectivity index (χ0) is 13.0. The maximum absolute atomic E-state index is 4.41. The van der Waals surface area contributed by atoms with Crippen molar-refractivity contribution in [3.8, 4) is 11.1 Å². The van der Waals surface area contributed by atoms with E-state index in [1.807, 2.05) is 12.4 Å². The molecule has 19 heavy (non-hydrogen) atoms. The number of hydrogen-bond acceptors (Lipinski definition) is 1. The van der Waals surface area contributed by atoms with Gasteiger partial charge in [0.15, 0.2) is 0 Å². The lowest BCUT2D eigenvalue weighted by Crippen LogP contribution is -2.23. The monoisotopic (exact) mass is 245 g/mol. The third kappa shape index (κ3) is 1.27. The predicted molar refractivity (Wildman–Crippen MR) is 79.3 cm³/mol. The number of aromatic nitrogens is 1. The van der Waals surface area contributed by atoms with Crippen LogP contribution in [0.5, 0.6) is 0 Å². The van der Waals surface area contributed by atoms with Crippen molar-refractivity contribution in [2.24, 2.45) is 0 Å². The Morgan fingerprint density at radius 2 is 1.58 bits per heavy atom. The topological polar surface area (TPSA) is 12.9 Å². The first-order chi connectivity index (χ1) is 9.19. The Balaban J connectivity index is 2.28. The molecule has 0 bridgehead atoms. The Morgan fingerprint density at radius 3 is 2.47 bits per heavy atom. The summed E-state index contributed by atoms with van der Waals surface area (Å²) in [5.74, 6) is 0. The van der Waals surface area contributed by atoms with Crippen molar-refractivity contribution in [1.82, 2.24) is 4.98 Å². The van der Waals surface area contributed by atoms with Crippen LogP contribution in [0.2, 0.25) is 0 Å². The van der Waals surface area contributed by atoms with Crippen LogP contribution >= 0.6 is 0 Å². The maximum atomic E-state index is 4.41. The van der Waals surface area contributed by atoms with E-state index >= 15 is 0 Å². The van der Waals surface area contributed by atoms with Crippen molar-refractivity contribution in [2.75, 3.05) is 0 Å². The van der Waals surface area contributed by atoms with Crippen molar-refractivity contribution in [1.29, 1.82) is 0 Å². The van der Waals surface area contributed by atoms with Crippen molar-refractivity contribution < 1.29 is 0 Å². The van der Waals surface area contributed by atoms with Gasteiger partial charge >= 0.3 is 0 Å². The van der Waals surface area contributed by atoms with Crippen LogP contribution in [0.4, 0.5) is 0 Å². The molecule has 0 saturated heterocycles. The Kier molecular flexibility index (Phi) is 1.95. The van der Waals surface area contributed by atoms with E-state index < -0.39 is 0 Å². The average Bonchev–Trinajstić information content (AvgIpc) is 2.45. The van der Waals surface area contributed by atoms with Crippen molar-refractivity contribution >= 4 is 10.8 Å². The second-order valence-corrected chi connectivity index (χ2v) is 5.76. The van der Waals surface area contributed by atoms with Gasteiger partial charge in [-0.2, -0.15) is 0 Å². The van der Waals surface area contributed by atoms with Crippen LogP contribution in [0.1, 0.15) is 25.0 Å². The van der Waals surface area contributed by atoms with Gasteiger partial charge in [0, 0.05) is 28.8 Å². The standard InChI is InChI=1S/C18H15N/c1-18(2)15-8-4-3-7-13(15)14-11-19-10-12-6-5-9-16(18)17(12)14/h3-11H,1-2H3. The molecule has 0 aliphatic heterocycles. The van der Waals surface area contributed by atoms with Gasteiger partial charge in [0.1, 0.15) is 0 Å². The number of hydrogen-bond donors (Lipinski definition) is 0. The first kappa shape index (κ1) is 10.7. The average molecular weight is 245 g/mol. The van der Waals surface area contributed by atoms with Gasteiger partial charge in [-0.25, -0.2) is 0 Å². The highest BCUT2D eigenvalue weighted by Gasteiger charge is 2.32. The molecule has 1 heterocycles. The van der Waals surface area contributed by atoms with E-state index in [2.05, 4.69) is 61.3 Å². The summed E-state index contributed by atoms with van der Waals surface area (Å²) in [6.45, 7) is 4.62. The molecule has 0 saturated carbocycles. The van der Waals surface area contributed by atoms with E-state index in [0.29, 0.717) is 0 Å². The zero-order valence-electron chi connectivity index (χ0n) is 11.1. The molecule has 1 nitrogen and oxygen atoms in total. The lowest BCUT2D eigenvalue weighted by atomic mass is 9.69. The summed E-state index contributed by atoms with van der Waals surface area (Å²) >= 11 is 0. The lowest BCUT2D eigenvalue weighted by molar-refractivity contribution is 0.645. The highest BCUT2D eigenvalue weighted by Crippen LogP contribution is 2.47. The fourth-order valence-corrected chi connectivity index (χ4v) is 3.37. The highest BCUT2D eigenvalue weighted by molar-refractivity contribution is 6.02. The van der Waals surface area contributed by atoms with Crippen molar-refractivity contribution in [2.45, 2.75) is 19.3 Å². The molecule has 1 heteroatoms. The number of pyridine rings is 1. The van der Waals surface area contributed by atoms with Crippen molar-refractivity contribution in [3.63, 3.8) is 0 Å². The minimum Gasteiger partial charge on any atom is -0.263 e. The van der Waals surface area contributed by atoms with Crippen molar-refractivity contribution in [3.05, 3.63) is 66.0 Å². The van der Waals surface area contributed by atoms with Crippen LogP contribution in [0.15, 0.2) is 54.9 Å². The Hall–Kier alpha value is -2.15. The summed E-state index contributed by atoms with van der Waals surface area (Å²) in [5.41, 5.74) is 5.43. The zero-order valence-corrected chi connectivity index (χ0v) is 11.1. The summed E-state index contributed by atoms with van der Waals surface area (Å²) in [6, 6.07) is 15.2. The highest BCUT2D eigenvalue weighted by atomic mass is 14.6. The van der Waals surface area contributed by atoms with Gasteiger partial charge in [-0.3, -0.25) is 4.98 Å². The Morgan fingerprint density at radius 1 is 0.789 bits per heavy atom. The molecule has 0 spiro atoms. The molecule has 1 aliphatic carbocycles. The van der Waals surface area contributed by atoms with E-state index in [4.69, 9.17) is 0 Å². The molecule has 0 N–H and O–H groups in total. The molecule has 0 radical (unpaired) electrons. The molecule has 2 aromatic carbocycles. The largest absolute Gasteiger partial charge is 0.263 e. The van der Waals surface area contributed by atoms with Crippen LogP contribution in [0.25, 0.3) is 21.9 Å². The van der Waals surface area contributed by atoms with Crippen LogP contribution in [0, 0.1) is 0 Å². The van der Waals surface area contributed by atoms with Gasteiger partial charge in [0.25, 0.3) is 0 Å². The van der Waals surface area contributed by atoms with E-state index in [-0.39, 0.29) is 5.41 Å². The number of nitrogens with zero attached hydrogens (tertiary/aromatic N) is 1. The molecule has 1 aliphatic rings. The minimum absolute atomic E-state index is 0.0461. The molecule has 0 amide bonds. The molecular weight excluding hydrogens is 230 g/mol. The number of fused-ring (bicyclic) bond motifs is 2. The fourth-order valence-electron chi connectivity index (χ4n) is 3.37. The fraction of sp³-hybridized carbons (Fsp3) is 0.167. The number of rotatable bonds is 0. The van der Waals surface area contributed by atoms with Gasteiger partial charge in [-0.05, 0) is 22.1 Å². The molecule has 3 aromatic rings. The van der Waals surface area contributed by atoms with E-state index in [9.17, 15) is 0 Å². The van der Waals surface area contributed by atoms with Crippen LogP contribution in [0.3, 0.4) is 0 Å². The summed E-state index contributed by atoms with van der Waals surface area (Å²) in [6.07, 6.45) is 3.96. The van der Waals surface area contributed by atoms with Gasteiger partial charge < -0.3 is 0 Å². The second-order valence-electron chi connectivity index (χ2n) is 5.76. The summed E-state index contributed by atoms with van der Waals surface area (Å²) in [7, 11) is 0. The van der Waals surface area contributed by atoms with Gasteiger partial charge in [-0.15, -0.1) is 0 Å². The van der Waals surface area contributed by atoms with Gasteiger partial charge in [0.2, 0.25) is 0 Å². The Labute approximate surface area is 112 Å². The Bertz CT molecular complexity index is 794. The van der Waals surface area contributed by atoms with E-state index in [0.717, 1.165) is 0 Å². The molecular formula is C18H15N. The third-order valence-electron chi connectivity index (χ3n) is 4.35. The van der Waals surface area contributed by atoms with Gasteiger partial charge in [0.05, 0.1) is 0 Å². The molecule has 4 rings (SSSR count). The van der Waals surface area contributed by atoms with E-state index in [1.165, 1.54) is 33.0 Å². The first-order valence-electron chi connectivity index (χ1n) is 6.67. The molecule has 0 fully saturated rings. The SMILES string of the molecule is CC1(C)c2ccccc2-c2cncc3cccc1c23. The van der Waals surface area contributed by atoms with Crippen LogP contribution in [-0.2, 0) is 5.41 Å². The minimum atomic E-state index is 0.0461. The van der Waals surface area contributed by atoms with E-state index in [1.54, 1.807) is 0 Å². The summed E-state index contributed by atoms with van der Waals surface area (Å²) in [4.78, 5) is 4.41. The quantitative estimate of drug-likeness (QED) is 0.566. The number of benzene rings is 2. The molecule has 0 unspecified atom stereocenters. The first-order valence-corrected chi connectivity index (χ1v) is 6.67. The van der Waals surface area contributed by atoms with Gasteiger partial charge in [-0.1, -0.05) is 56.3 Å².